The number of ether oxygens (including phenoxy) is 2. The number of carbonyl (C=O) groups is 1. The van der Waals surface area contributed by atoms with Gasteiger partial charge in [0, 0.05) is 11.8 Å². The number of benzene rings is 2. The predicted molar refractivity (Wildman–Crippen MR) is 102 cm³/mol. The third kappa shape index (κ3) is 3.92. The van der Waals surface area contributed by atoms with Gasteiger partial charge in [-0.3, -0.25) is 10.1 Å². The van der Waals surface area contributed by atoms with Crippen molar-refractivity contribution in [2.75, 3.05) is 11.6 Å². The van der Waals surface area contributed by atoms with Crippen LogP contribution in [-0.4, -0.2) is 43.0 Å². The summed E-state index contributed by atoms with van der Waals surface area (Å²) in [6.45, 7) is 1.72. The number of anilines is 1. The van der Waals surface area contributed by atoms with Crippen molar-refractivity contribution >= 4 is 21.8 Å². The molecule has 1 N–H and O–H groups in total. The van der Waals surface area contributed by atoms with E-state index >= 15 is 0 Å². The van der Waals surface area contributed by atoms with E-state index in [0.29, 0.717) is 17.1 Å². The summed E-state index contributed by atoms with van der Waals surface area (Å²) >= 11 is 0. The first-order chi connectivity index (χ1) is 13.8. The molecule has 2 atom stereocenters. The number of carbonyl (C=O) groups excluding carboxylic acids is 1. The van der Waals surface area contributed by atoms with Gasteiger partial charge in [-0.25, -0.2) is 8.42 Å². The van der Waals surface area contributed by atoms with Crippen LogP contribution >= 0.6 is 0 Å². The molecule has 0 bridgehead atoms. The van der Waals surface area contributed by atoms with Crippen molar-refractivity contribution in [1.29, 1.82) is 0 Å². The number of nitrogens with one attached hydrogen (secondary N) is 1. The molecule has 0 saturated carbocycles. The number of para-hydroxylation sites is 2. The Morgan fingerprint density at radius 1 is 1.00 bits per heavy atom. The van der Waals surface area contributed by atoms with Crippen molar-refractivity contribution in [2.24, 2.45) is 0 Å². The quantitative estimate of drug-likeness (QED) is 0.689. The zero-order chi connectivity index (χ0) is 20.6. The van der Waals surface area contributed by atoms with Crippen molar-refractivity contribution in [3.05, 3.63) is 48.5 Å². The topological polar surface area (TPSA) is 121 Å². The van der Waals surface area contributed by atoms with Gasteiger partial charge < -0.3 is 13.9 Å². The molecule has 1 aliphatic heterocycles. The molecule has 2 heterocycles. The Kier molecular flexibility index (Phi) is 4.71. The molecule has 29 heavy (non-hydrogen) atoms. The van der Waals surface area contributed by atoms with Crippen molar-refractivity contribution < 1.29 is 27.1 Å². The van der Waals surface area contributed by atoms with Crippen LogP contribution in [-0.2, 0) is 14.6 Å². The van der Waals surface area contributed by atoms with E-state index in [0.717, 1.165) is 6.26 Å². The SMILES string of the molecule is CC1Oc2ccccc2OC1C(=O)Nc1nnc(-c2ccc(S(C)(=O)=O)cc2)o1. The molecule has 3 aromatic rings. The lowest BCUT2D eigenvalue weighted by atomic mass is 10.1. The summed E-state index contributed by atoms with van der Waals surface area (Å²) in [5, 5.41) is 10.2. The van der Waals surface area contributed by atoms with Gasteiger partial charge in [0.2, 0.25) is 12.0 Å². The summed E-state index contributed by atoms with van der Waals surface area (Å²) < 4.78 is 40.0. The average Bonchev–Trinajstić information content (AvgIpc) is 3.15. The first-order valence-electron chi connectivity index (χ1n) is 8.68. The molecule has 1 aromatic heterocycles. The van der Waals surface area contributed by atoms with Crippen molar-refractivity contribution in [3.63, 3.8) is 0 Å². The fraction of sp³-hybridized carbons (Fsp3) is 0.211. The molecule has 1 amide bonds. The zero-order valence-corrected chi connectivity index (χ0v) is 16.3. The number of sulfone groups is 1. The van der Waals surface area contributed by atoms with Gasteiger partial charge in [-0.15, -0.1) is 5.10 Å². The van der Waals surface area contributed by atoms with Gasteiger partial charge >= 0.3 is 6.01 Å². The average molecular weight is 415 g/mol. The second-order valence-electron chi connectivity index (χ2n) is 6.51. The minimum absolute atomic E-state index is 0.105. The van der Waals surface area contributed by atoms with Gasteiger partial charge in [0.1, 0.15) is 6.10 Å². The Bertz CT molecular complexity index is 1160. The summed E-state index contributed by atoms with van der Waals surface area (Å²) in [6.07, 6.45) is -0.288. The molecule has 9 nitrogen and oxygen atoms in total. The first kappa shape index (κ1) is 18.9. The second-order valence-corrected chi connectivity index (χ2v) is 8.52. The third-order valence-corrected chi connectivity index (χ3v) is 5.41. The number of fused-ring (bicyclic) bond motifs is 1. The summed E-state index contributed by atoms with van der Waals surface area (Å²) in [4.78, 5) is 12.8. The van der Waals surface area contributed by atoms with Gasteiger partial charge in [0.25, 0.3) is 5.91 Å². The lowest BCUT2D eigenvalue weighted by Crippen LogP contribution is -2.46. The summed E-state index contributed by atoms with van der Waals surface area (Å²) in [7, 11) is -3.30. The van der Waals surface area contributed by atoms with Crippen LogP contribution in [0.2, 0.25) is 0 Å². The molecule has 0 saturated heterocycles. The van der Waals surface area contributed by atoms with E-state index in [2.05, 4.69) is 15.5 Å². The molecule has 0 radical (unpaired) electrons. The largest absolute Gasteiger partial charge is 0.482 e. The molecule has 1 aliphatic rings. The predicted octanol–water partition coefficient (Wildman–Crippen LogP) is 2.31. The maximum Gasteiger partial charge on any atom is 0.322 e. The Morgan fingerprint density at radius 3 is 2.31 bits per heavy atom. The van der Waals surface area contributed by atoms with Gasteiger partial charge in [-0.2, -0.15) is 0 Å². The normalized spacial score (nSPS) is 18.3. The summed E-state index contributed by atoms with van der Waals surface area (Å²) in [5.41, 5.74) is 0.518. The molecule has 0 fully saturated rings. The van der Waals surface area contributed by atoms with E-state index in [1.165, 1.54) is 12.1 Å². The summed E-state index contributed by atoms with van der Waals surface area (Å²) in [5.74, 6) is 0.693. The first-order valence-corrected chi connectivity index (χ1v) is 10.6. The van der Waals surface area contributed by atoms with Gasteiger partial charge in [-0.05, 0) is 43.3 Å². The van der Waals surface area contributed by atoms with Crippen molar-refractivity contribution in [2.45, 2.75) is 24.0 Å². The highest BCUT2D eigenvalue weighted by molar-refractivity contribution is 7.90. The molecule has 2 aromatic carbocycles. The number of hydrogen-bond acceptors (Lipinski definition) is 8. The lowest BCUT2D eigenvalue weighted by molar-refractivity contribution is -0.128. The highest BCUT2D eigenvalue weighted by Crippen LogP contribution is 2.33. The van der Waals surface area contributed by atoms with E-state index in [1.807, 2.05) is 6.07 Å². The van der Waals surface area contributed by atoms with E-state index in [1.54, 1.807) is 37.3 Å². The fourth-order valence-corrected chi connectivity index (χ4v) is 3.45. The molecule has 4 rings (SSSR count). The fourth-order valence-electron chi connectivity index (χ4n) is 2.82. The molecule has 0 spiro atoms. The Hall–Kier alpha value is -3.40. The number of rotatable bonds is 4. The minimum Gasteiger partial charge on any atom is -0.482 e. The highest BCUT2D eigenvalue weighted by atomic mass is 32.2. The van der Waals surface area contributed by atoms with Crippen LogP contribution in [0.15, 0.2) is 57.8 Å². The number of aromatic nitrogens is 2. The Balaban J connectivity index is 1.47. The molecular formula is C19H17N3O6S. The Morgan fingerprint density at radius 2 is 1.66 bits per heavy atom. The van der Waals surface area contributed by atoms with E-state index in [9.17, 15) is 13.2 Å². The second kappa shape index (κ2) is 7.21. The Labute approximate surface area is 166 Å². The third-order valence-electron chi connectivity index (χ3n) is 4.29. The van der Waals surface area contributed by atoms with Gasteiger partial charge in [0.15, 0.2) is 21.3 Å². The number of hydrogen-bond donors (Lipinski definition) is 1. The lowest BCUT2D eigenvalue weighted by Gasteiger charge is -2.30. The smallest absolute Gasteiger partial charge is 0.322 e. The van der Waals surface area contributed by atoms with Crippen LogP contribution in [0.1, 0.15) is 6.92 Å². The van der Waals surface area contributed by atoms with Crippen molar-refractivity contribution in [3.8, 4) is 23.0 Å². The van der Waals surface area contributed by atoms with Crippen LogP contribution in [0.25, 0.3) is 11.5 Å². The molecule has 150 valence electrons. The van der Waals surface area contributed by atoms with Crippen molar-refractivity contribution in [1.82, 2.24) is 10.2 Å². The molecule has 0 aliphatic carbocycles. The van der Waals surface area contributed by atoms with E-state index in [4.69, 9.17) is 13.9 Å². The molecule has 10 heteroatoms. The maximum absolute atomic E-state index is 12.6. The molecular weight excluding hydrogens is 398 g/mol. The van der Waals surface area contributed by atoms with Gasteiger partial charge in [0.05, 0.1) is 4.90 Å². The minimum atomic E-state index is -3.30. The van der Waals surface area contributed by atoms with Crippen LogP contribution in [0.5, 0.6) is 11.5 Å². The van der Waals surface area contributed by atoms with Crippen LogP contribution in [0.3, 0.4) is 0 Å². The number of nitrogens with zero attached hydrogens (tertiary/aromatic N) is 2. The molecule has 2 unspecified atom stereocenters. The zero-order valence-electron chi connectivity index (χ0n) is 15.5. The number of amides is 1. The maximum atomic E-state index is 12.6. The highest BCUT2D eigenvalue weighted by Gasteiger charge is 2.34. The van der Waals surface area contributed by atoms with Crippen LogP contribution in [0.4, 0.5) is 6.01 Å². The van der Waals surface area contributed by atoms with E-state index < -0.39 is 28.0 Å². The standard InChI is InChI=1S/C19H17N3O6S/c1-11-16(27-15-6-4-3-5-14(15)26-11)17(23)20-19-22-21-18(28-19)12-7-9-13(10-8-12)29(2,24)25/h3-11,16H,1-2H3,(H,20,22,23). The van der Waals surface area contributed by atoms with Crippen LogP contribution in [0, 0.1) is 0 Å². The monoisotopic (exact) mass is 415 g/mol. The van der Waals surface area contributed by atoms with Gasteiger partial charge in [-0.1, -0.05) is 17.2 Å². The van der Waals surface area contributed by atoms with Crippen LogP contribution < -0.4 is 14.8 Å². The summed E-state index contributed by atoms with van der Waals surface area (Å²) in [6, 6.07) is 13.0. The van der Waals surface area contributed by atoms with E-state index in [-0.39, 0.29) is 16.8 Å².